The summed E-state index contributed by atoms with van der Waals surface area (Å²) < 4.78 is 11.9. The highest BCUT2D eigenvalue weighted by molar-refractivity contribution is 5.96. The molecule has 0 unspecified atom stereocenters. The topological polar surface area (TPSA) is 97.6 Å². The molecule has 8 heteroatoms. The van der Waals surface area contributed by atoms with E-state index in [0.29, 0.717) is 12.0 Å². The summed E-state index contributed by atoms with van der Waals surface area (Å²) in [6.45, 7) is 6.88. The summed E-state index contributed by atoms with van der Waals surface area (Å²) in [5.74, 6) is -0.930. The number of carbonyl (C=O) groups is 3. The molecule has 0 radical (unpaired) electrons. The molecule has 0 spiro atoms. The SMILES string of the molecule is CC(C)OC(=O)[C@H](C)NC(=O)c1ccc[n+](COC(=O)N[C@@H](C)Cc2ccccc2)c1. The zero-order valence-corrected chi connectivity index (χ0v) is 18.3. The minimum absolute atomic E-state index is 0.0596. The second-order valence-electron chi connectivity index (χ2n) is 7.58. The number of esters is 1. The standard InChI is InChI=1S/C23H29N3O5/c1-16(2)31-22(28)18(4)25-21(27)20-11-8-12-26(14-20)15-30-23(29)24-17(3)13-19-9-6-5-7-10-19/h5-12,14,16-18H,13,15H2,1-4H3,(H-,24,25,27,29)/p+1/t17-,18-/m0/s1. The van der Waals surface area contributed by atoms with Gasteiger partial charge in [-0.25, -0.2) is 9.59 Å². The average molecular weight is 429 g/mol. The van der Waals surface area contributed by atoms with E-state index in [1.54, 1.807) is 43.7 Å². The van der Waals surface area contributed by atoms with E-state index >= 15 is 0 Å². The predicted octanol–water partition coefficient (Wildman–Crippen LogP) is 2.36. The van der Waals surface area contributed by atoms with Gasteiger partial charge in [0.25, 0.3) is 12.6 Å². The molecular weight excluding hydrogens is 398 g/mol. The molecule has 0 bridgehead atoms. The first-order chi connectivity index (χ1) is 14.7. The number of amides is 2. The minimum Gasteiger partial charge on any atom is -0.461 e. The van der Waals surface area contributed by atoms with Crippen molar-refractivity contribution in [2.75, 3.05) is 0 Å². The Morgan fingerprint density at radius 3 is 2.35 bits per heavy atom. The number of pyridine rings is 1. The van der Waals surface area contributed by atoms with E-state index in [9.17, 15) is 14.4 Å². The molecule has 2 rings (SSSR count). The van der Waals surface area contributed by atoms with Crippen LogP contribution >= 0.6 is 0 Å². The van der Waals surface area contributed by atoms with Gasteiger partial charge in [0.15, 0.2) is 12.4 Å². The van der Waals surface area contributed by atoms with E-state index in [2.05, 4.69) is 10.6 Å². The molecule has 31 heavy (non-hydrogen) atoms. The monoisotopic (exact) mass is 428 g/mol. The quantitative estimate of drug-likeness (QED) is 0.472. The number of aromatic nitrogens is 1. The molecule has 2 amide bonds. The highest BCUT2D eigenvalue weighted by atomic mass is 16.6. The number of hydrogen-bond donors (Lipinski definition) is 2. The fourth-order valence-electron chi connectivity index (χ4n) is 2.80. The Kier molecular flexibility index (Phi) is 8.99. The Bertz CT molecular complexity index is 886. The van der Waals surface area contributed by atoms with Crippen LogP contribution in [0.15, 0.2) is 54.9 Å². The summed E-state index contributed by atoms with van der Waals surface area (Å²) in [5, 5.41) is 5.38. The molecular formula is C23H30N3O5+. The van der Waals surface area contributed by atoms with E-state index < -0.39 is 24.0 Å². The molecule has 0 saturated carbocycles. The maximum atomic E-state index is 12.4. The second kappa shape index (κ2) is 11.7. The lowest BCUT2D eigenvalue weighted by Crippen LogP contribution is -2.43. The fourth-order valence-corrected chi connectivity index (χ4v) is 2.80. The van der Waals surface area contributed by atoms with Gasteiger partial charge in [-0.1, -0.05) is 30.3 Å². The van der Waals surface area contributed by atoms with Crippen LogP contribution in [0.5, 0.6) is 0 Å². The number of carbonyl (C=O) groups excluding carboxylic acids is 3. The van der Waals surface area contributed by atoms with Crippen LogP contribution in [0.4, 0.5) is 4.79 Å². The molecule has 2 atom stereocenters. The first-order valence-electron chi connectivity index (χ1n) is 10.2. The second-order valence-corrected chi connectivity index (χ2v) is 7.58. The van der Waals surface area contributed by atoms with Gasteiger partial charge in [0.2, 0.25) is 0 Å². The van der Waals surface area contributed by atoms with E-state index in [4.69, 9.17) is 9.47 Å². The molecule has 8 nitrogen and oxygen atoms in total. The van der Waals surface area contributed by atoms with Gasteiger partial charge in [-0.3, -0.25) is 4.79 Å². The van der Waals surface area contributed by atoms with Gasteiger partial charge in [-0.15, -0.1) is 0 Å². The van der Waals surface area contributed by atoms with Crippen LogP contribution in [0.2, 0.25) is 0 Å². The van der Waals surface area contributed by atoms with Crippen LogP contribution in [0.25, 0.3) is 0 Å². The maximum absolute atomic E-state index is 12.4. The molecule has 1 heterocycles. The number of benzene rings is 1. The van der Waals surface area contributed by atoms with Gasteiger partial charge in [-0.2, -0.15) is 4.57 Å². The third-order valence-corrected chi connectivity index (χ3v) is 4.27. The maximum Gasteiger partial charge on any atom is 0.412 e. The summed E-state index contributed by atoms with van der Waals surface area (Å²) in [5.41, 5.74) is 1.45. The molecule has 0 aliphatic rings. The van der Waals surface area contributed by atoms with Crippen molar-refractivity contribution >= 4 is 18.0 Å². The van der Waals surface area contributed by atoms with Gasteiger partial charge in [0.05, 0.1) is 6.10 Å². The normalized spacial score (nSPS) is 12.5. The average Bonchev–Trinajstić information content (AvgIpc) is 2.72. The number of ether oxygens (including phenoxy) is 2. The van der Waals surface area contributed by atoms with Crippen molar-refractivity contribution in [1.82, 2.24) is 10.6 Å². The molecule has 0 aliphatic carbocycles. The highest BCUT2D eigenvalue weighted by Crippen LogP contribution is 2.03. The fraction of sp³-hybridized carbons (Fsp3) is 0.391. The molecule has 0 aliphatic heterocycles. The summed E-state index contributed by atoms with van der Waals surface area (Å²) in [7, 11) is 0. The smallest absolute Gasteiger partial charge is 0.412 e. The summed E-state index contributed by atoms with van der Waals surface area (Å²) in [4.78, 5) is 36.3. The lowest BCUT2D eigenvalue weighted by atomic mass is 10.1. The third-order valence-electron chi connectivity index (χ3n) is 4.27. The van der Waals surface area contributed by atoms with Gasteiger partial charge < -0.3 is 20.1 Å². The summed E-state index contributed by atoms with van der Waals surface area (Å²) >= 11 is 0. The Morgan fingerprint density at radius 2 is 1.68 bits per heavy atom. The highest BCUT2D eigenvalue weighted by Gasteiger charge is 2.20. The Labute approximate surface area is 182 Å². The molecule has 1 aromatic heterocycles. The van der Waals surface area contributed by atoms with Gasteiger partial charge in [0, 0.05) is 12.1 Å². The Morgan fingerprint density at radius 1 is 0.968 bits per heavy atom. The molecule has 0 fully saturated rings. The van der Waals surface area contributed by atoms with Crippen LogP contribution in [-0.4, -0.2) is 36.2 Å². The van der Waals surface area contributed by atoms with Gasteiger partial charge >= 0.3 is 12.1 Å². The van der Waals surface area contributed by atoms with E-state index in [1.165, 1.54) is 6.20 Å². The largest absolute Gasteiger partial charge is 0.461 e. The zero-order chi connectivity index (χ0) is 22.8. The minimum atomic E-state index is -0.781. The molecule has 0 saturated heterocycles. The molecule has 1 aromatic carbocycles. The number of hydrogen-bond acceptors (Lipinski definition) is 5. The van der Waals surface area contributed by atoms with Crippen molar-refractivity contribution in [3.8, 4) is 0 Å². The molecule has 2 N–H and O–H groups in total. The van der Waals surface area contributed by atoms with Crippen LogP contribution in [0, 0.1) is 0 Å². The van der Waals surface area contributed by atoms with Crippen LogP contribution in [0.1, 0.15) is 43.6 Å². The van der Waals surface area contributed by atoms with E-state index in [1.807, 2.05) is 37.3 Å². The first kappa shape index (κ1) is 23.9. The van der Waals surface area contributed by atoms with Crippen molar-refractivity contribution in [2.45, 2.75) is 59.0 Å². The predicted molar refractivity (Wildman–Crippen MR) is 114 cm³/mol. The Hall–Kier alpha value is -3.42. The van der Waals surface area contributed by atoms with E-state index in [-0.39, 0.29) is 18.9 Å². The number of alkyl carbamates (subject to hydrolysis) is 1. The van der Waals surface area contributed by atoms with Crippen LogP contribution < -0.4 is 15.2 Å². The van der Waals surface area contributed by atoms with Crippen LogP contribution in [0.3, 0.4) is 0 Å². The van der Waals surface area contributed by atoms with Gasteiger partial charge in [0.1, 0.15) is 11.6 Å². The van der Waals surface area contributed by atoms with E-state index in [0.717, 1.165) is 5.56 Å². The van der Waals surface area contributed by atoms with Crippen molar-refractivity contribution in [3.05, 3.63) is 66.0 Å². The Balaban J connectivity index is 1.83. The van der Waals surface area contributed by atoms with Gasteiger partial charge in [-0.05, 0) is 45.7 Å². The number of rotatable bonds is 9. The molecule has 2 aromatic rings. The van der Waals surface area contributed by atoms with Crippen LogP contribution in [-0.2, 0) is 27.4 Å². The summed E-state index contributed by atoms with van der Waals surface area (Å²) in [6, 6.07) is 12.2. The molecule has 166 valence electrons. The first-order valence-corrected chi connectivity index (χ1v) is 10.2. The van der Waals surface area contributed by atoms with Crippen molar-refractivity contribution < 1.29 is 28.4 Å². The van der Waals surface area contributed by atoms with Crippen molar-refractivity contribution in [2.24, 2.45) is 0 Å². The lowest BCUT2D eigenvalue weighted by Gasteiger charge is -2.15. The van der Waals surface area contributed by atoms with Crippen molar-refractivity contribution in [3.63, 3.8) is 0 Å². The summed E-state index contributed by atoms with van der Waals surface area (Å²) in [6.07, 6.45) is 3.10. The number of nitrogens with zero attached hydrogens (tertiary/aromatic N) is 1. The third kappa shape index (κ3) is 8.46. The number of nitrogens with one attached hydrogen (secondary N) is 2. The lowest BCUT2D eigenvalue weighted by molar-refractivity contribution is -0.727. The van der Waals surface area contributed by atoms with Crippen molar-refractivity contribution in [1.29, 1.82) is 0 Å². The zero-order valence-electron chi connectivity index (χ0n) is 18.3.